The molecule has 0 aromatic rings. The van der Waals surface area contributed by atoms with Crippen LogP contribution in [-0.2, 0) is 0 Å². The molecule has 60 valence electrons. The first-order chi connectivity index (χ1) is 4.72. The molecule has 1 rings (SSSR count). The van der Waals surface area contributed by atoms with Crippen molar-refractivity contribution in [3.8, 4) is 0 Å². The van der Waals surface area contributed by atoms with Crippen molar-refractivity contribution >= 4 is 0 Å². The third-order valence-electron chi connectivity index (χ3n) is 2.13. The quantitative estimate of drug-likeness (QED) is 0.557. The fourth-order valence-corrected chi connectivity index (χ4v) is 1.43. The molecule has 2 nitrogen and oxygen atoms in total. The summed E-state index contributed by atoms with van der Waals surface area (Å²) in [6.45, 7) is 3.27. The van der Waals surface area contributed by atoms with Gasteiger partial charge >= 0.3 is 0 Å². The molecule has 0 aliphatic carbocycles. The zero-order valence-electron chi connectivity index (χ0n) is 6.31. The first-order valence-corrected chi connectivity index (χ1v) is 3.82. The lowest BCUT2D eigenvalue weighted by Gasteiger charge is -2.29. The lowest BCUT2D eigenvalue weighted by molar-refractivity contribution is 0.161. The van der Waals surface area contributed by atoms with Gasteiger partial charge in [-0.25, -0.2) is 4.39 Å². The molecule has 3 unspecified atom stereocenters. The summed E-state index contributed by atoms with van der Waals surface area (Å²) in [5.74, 6) is 0.0706. The summed E-state index contributed by atoms with van der Waals surface area (Å²) in [6.07, 6.45) is 0.132. The molecule has 10 heavy (non-hydrogen) atoms. The van der Waals surface area contributed by atoms with Gasteiger partial charge in [0.1, 0.15) is 6.17 Å². The minimum Gasteiger partial charge on any atom is -0.328 e. The molecule has 3 N–H and O–H groups in total. The molecule has 0 saturated carbocycles. The molecule has 1 saturated heterocycles. The minimum atomic E-state index is -0.742. The van der Waals surface area contributed by atoms with Gasteiger partial charge in [-0.05, 0) is 19.9 Å². The Balaban J connectivity index is 2.40. The van der Waals surface area contributed by atoms with Crippen LogP contribution in [0.1, 0.15) is 13.3 Å². The van der Waals surface area contributed by atoms with Crippen LogP contribution in [0, 0.1) is 5.92 Å². The molecule has 3 atom stereocenters. The van der Waals surface area contributed by atoms with Crippen LogP contribution in [0.4, 0.5) is 4.39 Å². The van der Waals surface area contributed by atoms with E-state index in [0.717, 1.165) is 13.0 Å². The van der Waals surface area contributed by atoms with Gasteiger partial charge in [0.15, 0.2) is 0 Å². The van der Waals surface area contributed by atoms with Gasteiger partial charge in [-0.2, -0.15) is 0 Å². The van der Waals surface area contributed by atoms with Gasteiger partial charge in [-0.15, -0.1) is 0 Å². The largest absolute Gasteiger partial charge is 0.328 e. The smallest absolute Gasteiger partial charge is 0.117 e. The van der Waals surface area contributed by atoms with Crippen LogP contribution < -0.4 is 11.1 Å². The summed E-state index contributed by atoms with van der Waals surface area (Å²) in [5.41, 5.74) is 5.59. The molecule has 0 radical (unpaired) electrons. The van der Waals surface area contributed by atoms with Gasteiger partial charge in [0.25, 0.3) is 0 Å². The van der Waals surface area contributed by atoms with E-state index in [2.05, 4.69) is 5.32 Å². The second kappa shape index (κ2) is 3.30. The molecule has 1 aliphatic rings. The molecule has 1 heterocycles. The minimum absolute atomic E-state index is 0.00269. The van der Waals surface area contributed by atoms with E-state index in [1.807, 2.05) is 6.92 Å². The van der Waals surface area contributed by atoms with Crippen molar-refractivity contribution in [3.05, 3.63) is 0 Å². The predicted molar refractivity (Wildman–Crippen MR) is 39.5 cm³/mol. The first kappa shape index (κ1) is 7.95. The number of nitrogens with two attached hydrogens (primary N) is 1. The van der Waals surface area contributed by atoms with E-state index < -0.39 is 6.17 Å². The monoisotopic (exact) mass is 146 g/mol. The van der Waals surface area contributed by atoms with E-state index >= 15 is 0 Å². The normalized spacial score (nSPS) is 37.5. The summed E-state index contributed by atoms with van der Waals surface area (Å²) in [7, 11) is 0. The molecule has 1 aliphatic heterocycles. The van der Waals surface area contributed by atoms with Gasteiger partial charge < -0.3 is 11.1 Å². The Hall–Kier alpha value is -0.150. The maximum atomic E-state index is 13.0. The summed E-state index contributed by atoms with van der Waals surface area (Å²) >= 11 is 0. The lowest BCUT2D eigenvalue weighted by atomic mass is 9.90. The van der Waals surface area contributed by atoms with Gasteiger partial charge in [0.05, 0.1) is 0 Å². The predicted octanol–water partition coefficient (Wildman–Crippen LogP) is 0.281. The molecule has 0 bridgehead atoms. The number of alkyl halides is 1. The third-order valence-corrected chi connectivity index (χ3v) is 2.13. The van der Waals surface area contributed by atoms with Crippen LogP contribution in [0.15, 0.2) is 0 Å². The molecular formula is C7H15FN2. The van der Waals surface area contributed by atoms with Crippen LogP contribution >= 0.6 is 0 Å². The van der Waals surface area contributed by atoms with Crippen LogP contribution in [0.3, 0.4) is 0 Å². The summed E-state index contributed by atoms with van der Waals surface area (Å²) in [5, 5.41) is 2.99. The van der Waals surface area contributed by atoms with Gasteiger partial charge in [-0.1, -0.05) is 0 Å². The molecule has 0 spiro atoms. The zero-order chi connectivity index (χ0) is 7.56. The molecule has 0 aromatic heterocycles. The lowest BCUT2D eigenvalue weighted by Crippen LogP contribution is -2.45. The zero-order valence-corrected chi connectivity index (χ0v) is 6.31. The second-order valence-electron chi connectivity index (χ2n) is 3.03. The number of hydrogen-bond donors (Lipinski definition) is 2. The molecule has 0 aromatic carbocycles. The van der Waals surface area contributed by atoms with Crippen LogP contribution in [0.2, 0.25) is 0 Å². The highest BCUT2D eigenvalue weighted by Crippen LogP contribution is 2.17. The van der Waals surface area contributed by atoms with Crippen molar-refractivity contribution < 1.29 is 4.39 Å². The molecular weight excluding hydrogens is 131 g/mol. The average molecular weight is 146 g/mol. The van der Waals surface area contributed by atoms with Crippen molar-refractivity contribution in [2.45, 2.75) is 25.6 Å². The summed E-state index contributed by atoms with van der Waals surface area (Å²) in [6, 6.07) is -0.00269. The van der Waals surface area contributed by atoms with Crippen LogP contribution in [0.25, 0.3) is 0 Å². The second-order valence-corrected chi connectivity index (χ2v) is 3.03. The number of halogens is 1. The van der Waals surface area contributed by atoms with Crippen molar-refractivity contribution in [1.29, 1.82) is 0 Å². The standard InChI is InChI=1S/C7H15FN2/c1-5(9)6-2-3-10-4-7(6)8/h5-7,10H,2-4,9H2,1H3. The average Bonchev–Trinajstić information content (AvgIpc) is 1.88. The van der Waals surface area contributed by atoms with E-state index in [0.29, 0.717) is 6.54 Å². The Bertz CT molecular complexity index is 106. The van der Waals surface area contributed by atoms with Crippen molar-refractivity contribution in [3.63, 3.8) is 0 Å². The Morgan fingerprint density at radius 1 is 1.70 bits per heavy atom. The fourth-order valence-electron chi connectivity index (χ4n) is 1.43. The highest BCUT2D eigenvalue weighted by molar-refractivity contribution is 4.82. The Morgan fingerprint density at radius 3 is 2.80 bits per heavy atom. The van der Waals surface area contributed by atoms with Crippen LogP contribution in [0.5, 0.6) is 0 Å². The van der Waals surface area contributed by atoms with E-state index in [4.69, 9.17) is 5.73 Å². The van der Waals surface area contributed by atoms with Crippen LogP contribution in [-0.4, -0.2) is 25.3 Å². The highest BCUT2D eigenvalue weighted by Gasteiger charge is 2.26. The first-order valence-electron chi connectivity index (χ1n) is 3.82. The number of nitrogens with one attached hydrogen (secondary N) is 1. The fraction of sp³-hybridized carbons (Fsp3) is 1.00. The molecule has 1 fully saturated rings. The molecule has 0 amide bonds. The van der Waals surface area contributed by atoms with Gasteiger partial charge in [-0.3, -0.25) is 0 Å². The third kappa shape index (κ3) is 1.67. The highest BCUT2D eigenvalue weighted by atomic mass is 19.1. The summed E-state index contributed by atoms with van der Waals surface area (Å²) in [4.78, 5) is 0. The van der Waals surface area contributed by atoms with Gasteiger partial charge in [0.2, 0.25) is 0 Å². The van der Waals surface area contributed by atoms with Crippen molar-refractivity contribution in [2.24, 2.45) is 11.7 Å². The van der Waals surface area contributed by atoms with E-state index in [9.17, 15) is 4.39 Å². The maximum Gasteiger partial charge on any atom is 0.117 e. The number of piperidine rings is 1. The van der Waals surface area contributed by atoms with E-state index in [1.165, 1.54) is 0 Å². The SMILES string of the molecule is CC(N)C1CCNCC1F. The van der Waals surface area contributed by atoms with Crippen molar-refractivity contribution in [2.75, 3.05) is 13.1 Å². The van der Waals surface area contributed by atoms with E-state index in [-0.39, 0.29) is 12.0 Å². The Kier molecular flexibility index (Phi) is 2.63. The molecule has 3 heteroatoms. The topological polar surface area (TPSA) is 38.0 Å². The maximum absolute atomic E-state index is 13.0. The number of hydrogen-bond acceptors (Lipinski definition) is 2. The Labute approximate surface area is 61.0 Å². The van der Waals surface area contributed by atoms with Gasteiger partial charge in [0, 0.05) is 18.5 Å². The number of rotatable bonds is 1. The van der Waals surface area contributed by atoms with Crippen molar-refractivity contribution in [1.82, 2.24) is 5.32 Å². The summed E-state index contributed by atoms with van der Waals surface area (Å²) < 4.78 is 13.0. The van der Waals surface area contributed by atoms with E-state index in [1.54, 1.807) is 0 Å². The Morgan fingerprint density at radius 2 is 2.40 bits per heavy atom.